The Morgan fingerprint density at radius 3 is 2.23 bits per heavy atom. The van der Waals surface area contributed by atoms with Crippen LogP contribution >= 0.6 is 0 Å². The molecule has 0 aromatic heterocycles. The van der Waals surface area contributed by atoms with E-state index in [0.29, 0.717) is 22.6 Å². The van der Waals surface area contributed by atoms with Crippen molar-refractivity contribution in [3.05, 3.63) is 95.1 Å². The third-order valence-corrected chi connectivity index (χ3v) is 6.44. The maximum absolute atomic E-state index is 13.4. The Balaban J connectivity index is 1.88. The molecule has 1 saturated heterocycles. The minimum Gasteiger partial charge on any atom is -0.507 e. The molecule has 3 aromatic rings. The van der Waals surface area contributed by atoms with Gasteiger partial charge in [-0.15, -0.1) is 0 Å². The average Bonchev–Trinajstić information content (AvgIpc) is 3.15. The molecular formula is C29H30N2O4. The number of aliphatic hydroxyl groups is 1. The van der Waals surface area contributed by atoms with Gasteiger partial charge in [0.2, 0.25) is 0 Å². The van der Waals surface area contributed by atoms with E-state index in [1.807, 2.05) is 55.5 Å². The highest BCUT2D eigenvalue weighted by Crippen LogP contribution is 2.43. The Bertz CT molecular complexity index is 1260. The first-order chi connectivity index (χ1) is 16.9. The largest absolute Gasteiger partial charge is 0.507 e. The number of ether oxygens (including phenoxy) is 1. The van der Waals surface area contributed by atoms with E-state index in [0.717, 1.165) is 24.3 Å². The number of amides is 1. The second kappa shape index (κ2) is 10.1. The van der Waals surface area contributed by atoms with Crippen molar-refractivity contribution in [3.63, 3.8) is 0 Å². The predicted octanol–water partition coefficient (Wildman–Crippen LogP) is 5.48. The van der Waals surface area contributed by atoms with Crippen molar-refractivity contribution in [2.24, 2.45) is 0 Å². The monoisotopic (exact) mass is 470 g/mol. The number of methoxy groups -OCH3 is 1. The molecule has 0 aliphatic carbocycles. The van der Waals surface area contributed by atoms with E-state index >= 15 is 0 Å². The lowest BCUT2D eigenvalue weighted by atomic mass is 9.94. The molecule has 35 heavy (non-hydrogen) atoms. The van der Waals surface area contributed by atoms with Crippen molar-refractivity contribution in [1.82, 2.24) is 0 Å². The summed E-state index contributed by atoms with van der Waals surface area (Å²) >= 11 is 0. The Labute approximate surface area is 206 Å². The lowest BCUT2D eigenvalue weighted by Gasteiger charge is -2.27. The van der Waals surface area contributed by atoms with Gasteiger partial charge in [0.15, 0.2) is 0 Å². The number of benzene rings is 3. The van der Waals surface area contributed by atoms with Crippen LogP contribution in [0.25, 0.3) is 5.76 Å². The summed E-state index contributed by atoms with van der Waals surface area (Å²) in [5.41, 5.74) is 3.86. The molecule has 1 fully saturated rings. The quantitative estimate of drug-likeness (QED) is 0.281. The Hall–Kier alpha value is -4.06. The van der Waals surface area contributed by atoms with Gasteiger partial charge in [0.25, 0.3) is 11.7 Å². The number of nitrogens with zero attached hydrogens (tertiary/aromatic N) is 2. The van der Waals surface area contributed by atoms with Crippen molar-refractivity contribution in [1.29, 1.82) is 0 Å². The van der Waals surface area contributed by atoms with Crippen LogP contribution in [-0.4, -0.2) is 37.0 Å². The molecule has 1 atom stereocenters. The zero-order valence-electron chi connectivity index (χ0n) is 20.5. The summed E-state index contributed by atoms with van der Waals surface area (Å²) in [5, 5.41) is 11.2. The van der Waals surface area contributed by atoms with Gasteiger partial charge >= 0.3 is 0 Å². The fraction of sp³-hybridized carbons (Fsp3) is 0.241. The third kappa shape index (κ3) is 4.52. The fourth-order valence-corrected chi connectivity index (χ4v) is 4.51. The molecule has 0 spiro atoms. The molecule has 4 rings (SSSR count). The number of aryl methyl sites for hydroxylation is 1. The van der Waals surface area contributed by atoms with Crippen LogP contribution < -0.4 is 14.5 Å². The molecule has 1 heterocycles. The lowest BCUT2D eigenvalue weighted by Crippen LogP contribution is -2.29. The summed E-state index contributed by atoms with van der Waals surface area (Å²) in [6.07, 6.45) is 0. The number of anilines is 2. The topological polar surface area (TPSA) is 70.1 Å². The first-order valence-corrected chi connectivity index (χ1v) is 11.8. The van der Waals surface area contributed by atoms with E-state index < -0.39 is 17.7 Å². The summed E-state index contributed by atoms with van der Waals surface area (Å²) in [5.74, 6) is -0.996. The third-order valence-electron chi connectivity index (χ3n) is 6.44. The fourth-order valence-electron chi connectivity index (χ4n) is 4.51. The molecular weight excluding hydrogens is 440 g/mol. The van der Waals surface area contributed by atoms with Crippen molar-refractivity contribution in [2.75, 3.05) is 30.0 Å². The molecule has 6 heteroatoms. The lowest BCUT2D eigenvalue weighted by molar-refractivity contribution is -0.132. The Morgan fingerprint density at radius 2 is 1.63 bits per heavy atom. The van der Waals surface area contributed by atoms with Crippen LogP contribution in [0.15, 0.2) is 78.4 Å². The van der Waals surface area contributed by atoms with Crippen LogP contribution in [0.4, 0.5) is 11.4 Å². The van der Waals surface area contributed by atoms with Crippen LogP contribution in [0.3, 0.4) is 0 Å². The second-order valence-corrected chi connectivity index (χ2v) is 8.50. The van der Waals surface area contributed by atoms with Gasteiger partial charge in [0.05, 0.1) is 18.7 Å². The molecule has 1 N–H and O–H groups in total. The molecule has 1 amide bonds. The standard InChI is InChI=1S/C29H30N2O4/c1-5-30(6-2)22-14-16-23(17-15-22)31-26(21-8-7-9-24(18-21)35-4)25(28(33)29(31)34)27(32)20-12-10-19(3)11-13-20/h7-18,26,32H,5-6H2,1-4H3/b27-25-. The van der Waals surface area contributed by atoms with Crippen molar-refractivity contribution < 1.29 is 19.4 Å². The first-order valence-electron chi connectivity index (χ1n) is 11.8. The van der Waals surface area contributed by atoms with Gasteiger partial charge in [0.1, 0.15) is 11.5 Å². The number of hydrogen-bond acceptors (Lipinski definition) is 5. The van der Waals surface area contributed by atoms with E-state index in [4.69, 9.17) is 4.74 Å². The van der Waals surface area contributed by atoms with Gasteiger partial charge in [-0.25, -0.2) is 0 Å². The maximum atomic E-state index is 13.4. The van der Waals surface area contributed by atoms with Crippen LogP contribution in [-0.2, 0) is 9.59 Å². The second-order valence-electron chi connectivity index (χ2n) is 8.50. The smallest absolute Gasteiger partial charge is 0.300 e. The summed E-state index contributed by atoms with van der Waals surface area (Å²) < 4.78 is 5.40. The van der Waals surface area contributed by atoms with Gasteiger partial charge < -0.3 is 14.7 Å². The zero-order valence-corrected chi connectivity index (χ0v) is 20.5. The number of Topliss-reactive ketones (excluding diaryl/α,β-unsaturated/α-hetero) is 1. The molecule has 1 aliphatic rings. The Kier molecular flexibility index (Phi) is 6.92. The maximum Gasteiger partial charge on any atom is 0.300 e. The summed E-state index contributed by atoms with van der Waals surface area (Å²) in [4.78, 5) is 30.4. The molecule has 0 bridgehead atoms. The molecule has 1 aliphatic heterocycles. The van der Waals surface area contributed by atoms with Crippen molar-refractivity contribution >= 4 is 28.8 Å². The van der Waals surface area contributed by atoms with Gasteiger partial charge in [0, 0.05) is 30.0 Å². The van der Waals surface area contributed by atoms with Gasteiger partial charge in [-0.1, -0.05) is 42.0 Å². The summed E-state index contributed by atoms with van der Waals surface area (Å²) in [6, 6.07) is 21.2. The van der Waals surface area contributed by atoms with E-state index in [9.17, 15) is 14.7 Å². The van der Waals surface area contributed by atoms with Crippen molar-refractivity contribution in [3.8, 4) is 5.75 Å². The highest BCUT2D eigenvalue weighted by atomic mass is 16.5. The van der Waals surface area contributed by atoms with Gasteiger partial charge in [-0.2, -0.15) is 0 Å². The van der Waals surface area contributed by atoms with Crippen LogP contribution in [0, 0.1) is 6.92 Å². The average molecular weight is 471 g/mol. The Morgan fingerprint density at radius 1 is 0.971 bits per heavy atom. The summed E-state index contributed by atoms with van der Waals surface area (Å²) in [7, 11) is 1.56. The minimum atomic E-state index is -0.800. The SMILES string of the molecule is CCN(CC)c1ccc(N2C(=O)C(=O)/C(=C(\O)c3ccc(C)cc3)C2c2cccc(OC)c2)cc1. The zero-order chi connectivity index (χ0) is 25.1. The number of carbonyl (C=O) groups is 2. The molecule has 1 unspecified atom stereocenters. The van der Waals surface area contributed by atoms with E-state index in [-0.39, 0.29) is 11.3 Å². The predicted molar refractivity (Wildman–Crippen MR) is 139 cm³/mol. The summed E-state index contributed by atoms with van der Waals surface area (Å²) in [6.45, 7) is 7.84. The number of rotatable bonds is 7. The number of carbonyl (C=O) groups excluding carboxylic acids is 2. The van der Waals surface area contributed by atoms with Crippen LogP contribution in [0.2, 0.25) is 0 Å². The highest BCUT2D eigenvalue weighted by Gasteiger charge is 2.47. The van der Waals surface area contributed by atoms with Crippen molar-refractivity contribution in [2.45, 2.75) is 26.8 Å². The van der Waals surface area contributed by atoms with Crippen LogP contribution in [0.5, 0.6) is 5.75 Å². The molecule has 3 aromatic carbocycles. The van der Waals surface area contributed by atoms with E-state index in [1.165, 1.54) is 4.90 Å². The molecule has 180 valence electrons. The van der Waals surface area contributed by atoms with Gasteiger partial charge in [-0.05, 0) is 62.7 Å². The normalized spacial score (nSPS) is 17.0. The molecule has 0 saturated carbocycles. The van der Waals surface area contributed by atoms with E-state index in [2.05, 4.69) is 18.7 Å². The molecule has 6 nitrogen and oxygen atoms in total. The highest BCUT2D eigenvalue weighted by molar-refractivity contribution is 6.51. The number of aliphatic hydroxyl groups excluding tert-OH is 1. The number of hydrogen-bond donors (Lipinski definition) is 1. The molecule has 0 radical (unpaired) electrons. The van der Waals surface area contributed by atoms with E-state index in [1.54, 1.807) is 31.4 Å². The van der Waals surface area contributed by atoms with Gasteiger partial charge in [-0.3, -0.25) is 14.5 Å². The number of ketones is 1. The van der Waals surface area contributed by atoms with Crippen LogP contribution in [0.1, 0.15) is 36.6 Å². The minimum absolute atomic E-state index is 0.0555. The first kappa shape index (κ1) is 24.1.